The molecule has 0 saturated carbocycles. The third-order valence-electron chi connectivity index (χ3n) is 2.17. The van der Waals surface area contributed by atoms with Crippen LogP contribution in [-0.2, 0) is 0 Å². The van der Waals surface area contributed by atoms with Crippen molar-refractivity contribution < 1.29 is 9.90 Å². The molecule has 90 valence electrons. The van der Waals surface area contributed by atoms with Gasteiger partial charge in [-0.3, -0.25) is 4.79 Å². The fourth-order valence-corrected chi connectivity index (χ4v) is 2.62. The lowest BCUT2D eigenvalue weighted by molar-refractivity contribution is 0.0957. The van der Waals surface area contributed by atoms with Crippen LogP contribution in [0.25, 0.3) is 0 Å². The first-order valence-corrected chi connectivity index (χ1v) is 6.99. The van der Waals surface area contributed by atoms with Gasteiger partial charge in [0.05, 0.1) is 8.66 Å². The number of carbonyl (C=O) groups excluding carboxylic acids is 1. The van der Waals surface area contributed by atoms with Crippen molar-refractivity contribution in [2.75, 3.05) is 13.2 Å². The van der Waals surface area contributed by atoms with E-state index in [1.807, 2.05) is 12.1 Å². The Kier molecular flexibility index (Phi) is 6.68. The lowest BCUT2D eigenvalue weighted by Crippen LogP contribution is -2.23. The van der Waals surface area contributed by atoms with Gasteiger partial charge in [-0.1, -0.05) is 12.8 Å². The zero-order valence-corrected chi connectivity index (χ0v) is 11.4. The van der Waals surface area contributed by atoms with E-state index >= 15 is 0 Å². The Morgan fingerprint density at radius 1 is 1.31 bits per heavy atom. The van der Waals surface area contributed by atoms with Gasteiger partial charge >= 0.3 is 0 Å². The summed E-state index contributed by atoms with van der Waals surface area (Å²) in [4.78, 5) is 12.3. The second kappa shape index (κ2) is 7.81. The third-order valence-corrected chi connectivity index (χ3v) is 3.79. The standard InChI is InChI=1S/C11H16BrNO2S/c12-10-6-5-9(16-10)11(15)13-7-3-1-2-4-8-14/h5-6,14H,1-4,7-8H2,(H,13,15). The number of thiophene rings is 1. The van der Waals surface area contributed by atoms with Crippen molar-refractivity contribution >= 4 is 33.2 Å². The van der Waals surface area contributed by atoms with E-state index in [4.69, 9.17) is 5.11 Å². The van der Waals surface area contributed by atoms with E-state index in [1.54, 1.807) is 0 Å². The zero-order valence-electron chi connectivity index (χ0n) is 9.04. The lowest BCUT2D eigenvalue weighted by atomic mass is 10.2. The number of unbranched alkanes of at least 4 members (excludes halogenated alkanes) is 3. The minimum Gasteiger partial charge on any atom is -0.396 e. The zero-order chi connectivity index (χ0) is 11.8. The lowest BCUT2D eigenvalue weighted by Gasteiger charge is -2.02. The molecule has 0 aliphatic heterocycles. The first kappa shape index (κ1) is 13.7. The number of aliphatic hydroxyl groups is 1. The van der Waals surface area contributed by atoms with Crippen LogP contribution < -0.4 is 5.32 Å². The van der Waals surface area contributed by atoms with Gasteiger partial charge in [-0.2, -0.15) is 0 Å². The number of halogens is 1. The molecule has 0 radical (unpaired) electrons. The minimum absolute atomic E-state index is 0.00198. The Morgan fingerprint density at radius 2 is 2.06 bits per heavy atom. The Balaban J connectivity index is 2.11. The van der Waals surface area contributed by atoms with E-state index in [0.717, 1.165) is 34.3 Å². The summed E-state index contributed by atoms with van der Waals surface area (Å²) < 4.78 is 0.973. The summed E-state index contributed by atoms with van der Waals surface area (Å²) >= 11 is 4.76. The van der Waals surface area contributed by atoms with Crippen molar-refractivity contribution in [2.45, 2.75) is 25.7 Å². The number of aliphatic hydroxyl groups excluding tert-OH is 1. The largest absolute Gasteiger partial charge is 0.396 e. The van der Waals surface area contributed by atoms with Crippen molar-refractivity contribution in [1.82, 2.24) is 5.32 Å². The molecule has 5 heteroatoms. The van der Waals surface area contributed by atoms with E-state index in [1.165, 1.54) is 11.3 Å². The summed E-state index contributed by atoms with van der Waals surface area (Å²) in [6.07, 6.45) is 3.90. The van der Waals surface area contributed by atoms with Gasteiger partial charge < -0.3 is 10.4 Å². The van der Waals surface area contributed by atoms with Gasteiger partial charge in [-0.25, -0.2) is 0 Å². The van der Waals surface area contributed by atoms with Crippen molar-refractivity contribution in [3.8, 4) is 0 Å². The van der Waals surface area contributed by atoms with Crippen LogP contribution >= 0.6 is 27.3 Å². The van der Waals surface area contributed by atoms with Crippen molar-refractivity contribution in [3.05, 3.63) is 20.8 Å². The maximum Gasteiger partial charge on any atom is 0.261 e. The van der Waals surface area contributed by atoms with Crippen molar-refractivity contribution in [2.24, 2.45) is 0 Å². The number of rotatable bonds is 7. The second-order valence-electron chi connectivity index (χ2n) is 3.50. The summed E-state index contributed by atoms with van der Waals surface area (Å²) in [7, 11) is 0. The van der Waals surface area contributed by atoms with Crippen LogP contribution in [0, 0.1) is 0 Å². The highest BCUT2D eigenvalue weighted by Crippen LogP contribution is 2.21. The van der Waals surface area contributed by atoms with Gasteiger partial charge in [0.2, 0.25) is 0 Å². The average molecular weight is 306 g/mol. The minimum atomic E-state index is -0.00198. The van der Waals surface area contributed by atoms with Crippen LogP contribution in [0.4, 0.5) is 0 Å². The molecule has 0 unspecified atom stereocenters. The SMILES string of the molecule is O=C(NCCCCCCO)c1ccc(Br)s1. The molecule has 0 bridgehead atoms. The fourth-order valence-electron chi connectivity index (χ4n) is 1.32. The number of carbonyl (C=O) groups is 1. The van der Waals surface area contributed by atoms with Crippen LogP contribution in [0.15, 0.2) is 15.9 Å². The number of hydrogen-bond acceptors (Lipinski definition) is 3. The second-order valence-corrected chi connectivity index (χ2v) is 5.96. The van der Waals surface area contributed by atoms with E-state index < -0.39 is 0 Å². The monoisotopic (exact) mass is 305 g/mol. The summed E-state index contributed by atoms with van der Waals surface area (Å²) in [5, 5.41) is 11.5. The third kappa shape index (κ3) is 5.09. The van der Waals surface area contributed by atoms with Crippen LogP contribution in [0.1, 0.15) is 35.4 Å². The first-order chi connectivity index (χ1) is 7.74. The maximum absolute atomic E-state index is 11.6. The predicted molar refractivity (Wildman–Crippen MR) is 69.9 cm³/mol. The predicted octanol–water partition coefficient (Wildman–Crippen LogP) is 2.79. The Morgan fingerprint density at radius 3 is 2.69 bits per heavy atom. The van der Waals surface area contributed by atoms with E-state index in [9.17, 15) is 4.79 Å². The fraction of sp³-hybridized carbons (Fsp3) is 0.545. The maximum atomic E-state index is 11.6. The van der Waals surface area contributed by atoms with Crippen LogP contribution in [-0.4, -0.2) is 24.2 Å². The van der Waals surface area contributed by atoms with E-state index in [2.05, 4.69) is 21.2 Å². The summed E-state index contributed by atoms with van der Waals surface area (Å²) in [6.45, 7) is 0.968. The highest BCUT2D eigenvalue weighted by atomic mass is 79.9. The quantitative estimate of drug-likeness (QED) is 0.761. The van der Waals surface area contributed by atoms with E-state index in [0.29, 0.717) is 6.54 Å². The molecule has 2 N–H and O–H groups in total. The summed E-state index contributed by atoms with van der Waals surface area (Å²) in [5.41, 5.74) is 0. The first-order valence-electron chi connectivity index (χ1n) is 5.38. The van der Waals surface area contributed by atoms with Gasteiger partial charge in [0.15, 0.2) is 0 Å². The van der Waals surface area contributed by atoms with Gasteiger partial charge in [0.1, 0.15) is 0 Å². The molecule has 1 aromatic heterocycles. The number of amides is 1. The van der Waals surface area contributed by atoms with Gasteiger partial charge in [0.25, 0.3) is 5.91 Å². The molecule has 0 spiro atoms. The molecule has 0 aliphatic rings. The van der Waals surface area contributed by atoms with Crippen molar-refractivity contribution in [3.63, 3.8) is 0 Å². The summed E-state index contributed by atoms with van der Waals surface area (Å²) in [5.74, 6) is -0.00198. The van der Waals surface area contributed by atoms with Gasteiger partial charge in [-0.15, -0.1) is 11.3 Å². The average Bonchev–Trinajstić information content (AvgIpc) is 2.70. The summed E-state index contributed by atoms with van der Waals surface area (Å²) in [6, 6.07) is 3.69. The van der Waals surface area contributed by atoms with Crippen LogP contribution in [0.2, 0.25) is 0 Å². The molecule has 1 amide bonds. The highest BCUT2D eigenvalue weighted by molar-refractivity contribution is 9.11. The highest BCUT2D eigenvalue weighted by Gasteiger charge is 2.06. The Hall–Kier alpha value is -0.390. The molecule has 0 saturated heterocycles. The topological polar surface area (TPSA) is 49.3 Å². The molecular formula is C11H16BrNO2S. The molecule has 0 fully saturated rings. The molecule has 1 rings (SSSR count). The Bertz CT molecular complexity index is 328. The van der Waals surface area contributed by atoms with Gasteiger partial charge in [0, 0.05) is 13.2 Å². The molecule has 0 aliphatic carbocycles. The number of nitrogens with one attached hydrogen (secondary N) is 1. The molecule has 1 heterocycles. The molecule has 0 aromatic carbocycles. The van der Waals surface area contributed by atoms with Crippen molar-refractivity contribution in [1.29, 1.82) is 0 Å². The smallest absolute Gasteiger partial charge is 0.261 e. The molecule has 1 aromatic rings. The number of hydrogen-bond donors (Lipinski definition) is 2. The molecule has 0 atom stereocenters. The van der Waals surface area contributed by atoms with Crippen LogP contribution in [0.5, 0.6) is 0 Å². The van der Waals surface area contributed by atoms with Gasteiger partial charge in [-0.05, 0) is 40.9 Å². The van der Waals surface area contributed by atoms with Crippen LogP contribution in [0.3, 0.4) is 0 Å². The molecule has 16 heavy (non-hydrogen) atoms. The Labute approximate surface area is 108 Å². The normalized spacial score (nSPS) is 10.4. The van der Waals surface area contributed by atoms with E-state index in [-0.39, 0.29) is 12.5 Å². The molecular weight excluding hydrogens is 290 g/mol. The molecule has 3 nitrogen and oxygen atoms in total.